The predicted molar refractivity (Wildman–Crippen MR) is 27.5 cm³/mol. The van der Waals surface area contributed by atoms with Gasteiger partial charge in [-0.25, -0.2) is 0 Å². The van der Waals surface area contributed by atoms with Crippen LogP contribution >= 0.6 is 0 Å². The minimum atomic E-state index is -0.227. The minimum Gasteiger partial charge on any atom is -0.353 e. The van der Waals surface area contributed by atoms with Crippen molar-refractivity contribution in [2.45, 2.75) is 25.0 Å². The molecule has 0 amide bonds. The second-order valence-corrected chi connectivity index (χ2v) is 2.03. The summed E-state index contributed by atoms with van der Waals surface area (Å²) in [5, 5.41) is 8.76. The molecule has 0 aromatic carbocycles. The molecule has 0 aromatic heterocycles. The third-order valence-corrected chi connectivity index (χ3v) is 1.26. The lowest BCUT2D eigenvalue weighted by molar-refractivity contribution is 0.212. The van der Waals surface area contributed by atoms with E-state index in [4.69, 9.17) is 10.8 Å². The summed E-state index contributed by atoms with van der Waals surface area (Å²) in [4.78, 5) is 0. The lowest BCUT2D eigenvalue weighted by Gasteiger charge is -1.90. The first-order valence-corrected chi connectivity index (χ1v) is 2.56. The molecule has 2 heteroatoms. The summed E-state index contributed by atoms with van der Waals surface area (Å²) in [5.74, 6) is 0. The molecule has 7 heavy (non-hydrogen) atoms. The topological polar surface area (TPSA) is 46.2 Å². The van der Waals surface area contributed by atoms with Gasteiger partial charge in [0.05, 0.1) is 6.04 Å². The fraction of sp³-hybridized carbons (Fsp3) is 0.800. The smallest absolute Gasteiger partial charge is 0.196 e. The first-order valence-electron chi connectivity index (χ1n) is 2.56. The third kappa shape index (κ3) is 1.08. The van der Waals surface area contributed by atoms with E-state index in [1.54, 1.807) is 0 Å². The molecule has 2 nitrogen and oxygen atoms in total. The Kier molecular flexibility index (Phi) is 1.21. The highest BCUT2D eigenvalue weighted by molar-refractivity contribution is 4.90. The van der Waals surface area contributed by atoms with Crippen LogP contribution in [0.1, 0.15) is 12.8 Å². The molecule has 1 rings (SSSR count). The molecule has 0 unspecified atom stereocenters. The summed E-state index contributed by atoms with van der Waals surface area (Å²) in [6.07, 6.45) is 3.25. The van der Waals surface area contributed by atoms with E-state index in [0.29, 0.717) is 0 Å². The van der Waals surface area contributed by atoms with Crippen molar-refractivity contribution in [1.82, 2.24) is 0 Å². The first kappa shape index (κ1) is 4.94. The van der Waals surface area contributed by atoms with Crippen molar-refractivity contribution in [3.05, 3.63) is 6.42 Å². The Hall–Kier alpha value is -0.210. The maximum atomic E-state index is 8.76. The van der Waals surface area contributed by atoms with Gasteiger partial charge in [-0.05, 0) is 0 Å². The van der Waals surface area contributed by atoms with Gasteiger partial charge in [-0.15, -0.1) is 0 Å². The van der Waals surface area contributed by atoms with Crippen molar-refractivity contribution in [3.63, 3.8) is 0 Å². The molecule has 0 aliphatic heterocycles. The highest BCUT2D eigenvalue weighted by Crippen LogP contribution is 2.14. The number of aliphatic hydroxyl groups excluding tert-OH is 1. The molecule has 1 fully saturated rings. The van der Waals surface area contributed by atoms with Gasteiger partial charge >= 0.3 is 0 Å². The lowest BCUT2D eigenvalue weighted by Crippen LogP contribution is -2.15. The molecule has 0 aromatic rings. The van der Waals surface area contributed by atoms with E-state index in [-0.39, 0.29) is 12.1 Å². The van der Waals surface area contributed by atoms with Crippen molar-refractivity contribution in [2.75, 3.05) is 0 Å². The van der Waals surface area contributed by atoms with Crippen LogP contribution in [-0.4, -0.2) is 17.3 Å². The number of aliphatic hydroxyl groups is 1. The van der Waals surface area contributed by atoms with Crippen molar-refractivity contribution >= 4 is 0 Å². The van der Waals surface area contributed by atoms with Gasteiger partial charge in [0.2, 0.25) is 0 Å². The van der Waals surface area contributed by atoms with Gasteiger partial charge in [0.1, 0.15) is 12.8 Å². The molecule has 0 heterocycles. The van der Waals surface area contributed by atoms with E-state index < -0.39 is 0 Å². The first-order chi connectivity index (χ1) is 3.29. The quantitative estimate of drug-likeness (QED) is 0.409. The van der Waals surface area contributed by atoms with Crippen molar-refractivity contribution in [1.29, 1.82) is 0 Å². The predicted octanol–water partition coefficient (Wildman–Crippen LogP) is -0.327. The Balaban J connectivity index is 2.26. The number of rotatable bonds is 0. The molecule has 0 radical (unpaired) electrons. The van der Waals surface area contributed by atoms with Crippen LogP contribution in [0.5, 0.6) is 0 Å². The van der Waals surface area contributed by atoms with Crippen LogP contribution < -0.4 is 5.73 Å². The van der Waals surface area contributed by atoms with Gasteiger partial charge in [0.15, 0.2) is 6.10 Å². The second kappa shape index (κ2) is 1.72. The van der Waals surface area contributed by atoms with Crippen LogP contribution in [0.25, 0.3) is 0 Å². The largest absolute Gasteiger partial charge is 0.353 e. The highest BCUT2D eigenvalue weighted by atomic mass is 16.3. The van der Waals surface area contributed by atoms with Gasteiger partial charge < -0.3 is 10.8 Å². The lowest BCUT2D eigenvalue weighted by atomic mass is 10.3. The summed E-state index contributed by atoms with van der Waals surface area (Å²) in [6.45, 7) is 0. The van der Waals surface area contributed by atoms with Crippen LogP contribution in [-0.2, 0) is 0 Å². The maximum absolute atomic E-state index is 8.76. The molecule has 0 bridgehead atoms. The molecular weight excluding hydrogens is 90.1 g/mol. The zero-order chi connectivity index (χ0) is 5.28. The zero-order valence-electron chi connectivity index (χ0n) is 4.17. The molecule has 1 aliphatic rings. The SMILES string of the molecule is N[C@H]1C[CH+][C@@H](O)C1. The van der Waals surface area contributed by atoms with Gasteiger partial charge in [0, 0.05) is 6.42 Å². The Morgan fingerprint density at radius 3 is 2.57 bits per heavy atom. The van der Waals surface area contributed by atoms with E-state index >= 15 is 0 Å². The van der Waals surface area contributed by atoms with E-state index in [9.17, 15) is 0 Å². The van der Waals surface area contributed by atoms with Gasteiger partial charge in [0.25, 0.3) is 0 Å². The van der Waals surface area contributed by atoms with E-state index in [1.165, 1.54) is 0 Å². The van der Waals surface area contributed by atoms with Gasteiger partial charge in [-0.1, -0.05) is 0 Å². The molecule has 0 spiro atoms. The third-order valence-electron chi connectivity index (χ3n) is 1.26. The Morgan fingerprint density at radius 1 is 1.71 bits per heavy atom. The van der Waals surface area contributed by atoms with E-state index in [2.05, 4.69) is 0 Å². The molecule has 2 atom stereocenters. The van der Waals surface area contributed by atoms with Crippen LogP contribution in [0.3, 0.4) is 0 Å². The standard InChI is InChI=1S/C5H10NO/c6-4-1-2-5(7)3-4/h2,4-5,7H,1,3,6H2/q+1/t4-,5+/m0/s1. The van der Waals surface area contributed by atoms with E-state index in [0.717, 1.165) is 12.8 Å². The molecule has 1 saturated carbocycles. The molecule has 1 aliphatic carbocycles. The van der Waals surface area contributed by atoms with Gasteiger partial charge in [-0.2, -0.15) is 0 Å². The van der Waals surface area contributed by atoms with Crippen molar-refractivity contribution < 1.29 is 5.11 Å². The summed E-state index contributed by atoms with van der Waals surface area (Å²) < 4.78 is 0. The molecule has 40 valence electrons. The Bertz CT molecular complexity index is 57.1. The summed E-state index contributed by atoms with van der Waals surface area (Å²) >= 11 is 0. The van der Waals surface area contributed by atoms with Crippen LogP contribution in [0.15, 0.2) is 0 Å². The Morgan fingerprint density at radius 2 is 2.43 bits per heavy atom. The minimum absolute atomic E-state index is 0.218. The van der Waals surface area contributed by atoms with Crippen molar-refractivity contribution in [2.24, 2.45) is 5.73 Å². The number of nitrogens with two attached hydrogens (primary N) is 1. The van der Waals surface area contributed by atoms with Crippen LogP contribution in [0.4, 0.5) is 0 Å². The van der Waals surface area contributed by atoms with Crippen LogP contribution in [0, 0.1) is 6.42 Å². The molecule has 0 saturated heterocycles. The van der Waals surface area contributed by atoms with Gasteiger partial charge in [-0.3, -0.25) is 0 Å². The fourth-order valence-corrected chi connectivity index (χ4v) is 0.835. The number of hydrogen-bond donors (Lipinski definition) is 2. The average Bonchev–Trinajstić information content (AvgIpc) is 1.87. The maximum Gasteiger partial charge on any atom is 0.196 e. The monoisotopic (exact) mass is 100 g/mol. The second-order valence-electron chi connectivity index (χ2n) is 2.03. The molecular formula is C5H10NO+. The summed E-state index contributed by atoms with van der Waals surface area (Å²) in [6, 6.07) is 0.218. The van der Waals surface area contributed by atoms with Crippen molar-refractivity contribution in [3.8, 4) is 0 Å². The van der Waals surface area contributed by atoms with E-state index in [1.807, 2.05) is 6.42 Å². The number of hydrogen-bond acceptors (Lipinski definition) is 2. The summed E-state index contributed by atoms with van der Waals surface area (Å²) in [7, 11) is 0. The normalized spacial score (nSPS) is 40.9. The zero-order valence-corrected chi connectivity index (χ0v) is 4.17. The summed E-state index contributed by atoms with van der Waals surface area (Å²) in [5.41, 5.74) is 5.43. The fourth-order valence-electron chi connectivity index (χ4n) is 0.835. The Labute approximate surface area is 43.3 Å². The molecule has 3 N–H and O–H groups in total. The average molecular weight is 100 g/mol. The highest BCUT2D eigenvalue weighted by Gasteiger charge is 2.27. The van der Waals surface area contributed by atoms with Crippen LogP contribution in [0.2, 0.25) is 0 Å².